The van der Waals surface area contributed by atoms with Crippen LogP contribution < -0.4 is 4.72 Å². The first kappa shape index (κ1) is 12.6. The summed E-state index contributed by atoms with van der Waals surface area (Å²) in [6, 6.07) is 6.33. The zero-order valence-corrected chi connectivity index (χ0v) is 9.58. The van der Waals surface area contributed by atoms with Crippen molar-refractivity contribution in [1.82, 2.24) is 4.72 Å². The molecule has 0 atom stereocenters. The van der Waals surface area contributed by atoms with Crippen molar-refractivity contribution in [3.05, 3.63) is 29.3 Å². The molecule has 0 bridgehead atoms. The van der Waals surface area contributed by atoms with E-state index in [1.165, 1.54) is 6.07 Å². The lowest BCUT2D eigenvalue weighted by atomic mass is 10.2. The zero-order valence-electron chi connectivity index (χ0n) is 8.77. The molecule has 0 amide bonds. The maximum absolute atomic E-state index is 11.7. The van der Waals surface area contributed by atoms with E-state index < -0.39 is 10.0 Å². The molecule has 1 aromatic rings. The molecule has 6 heteroatoms. The number of hydrogen-bond donors (Lipinski definition) is 2. The molecule has 0 radical (unpaired) electrons. The average Bonchev–Trinajstić information content (AvgIpc) is 2.27. The summed E-state index contributed by atoms with van der Waals surface area (Å²) in [6.07, 6.45) is 0. The van der Waals surface area contributed by atoms with Crippen LogP contribution in [0, 0.1) is 18.3 Å². The van der Waals surface area contributed by atoms with Crippen LogP contribution in [0.25, 0.3) is 0 Å². The van der Waals surface area contributed by atoms with Gasteiger partial charge in [0.05, 0.1) is 23.1 Å². The smallest absolute Gasteiger partial charge is 0.240 e. The van der Waals surface area contributed by atoms with E-state index in [1.54, 1.807) is 19.1 Å². The number of aliphatic hydroxyl groups excluding tert-OH is 1. The summed E-state index contributed by atoms with van der Waals surface area (Å²) in [5.41, 5.74) is 0.847. The summed E-state index contributed by atoms with van der Waals surface area (Å²) in [5, 5.41) is 17.3. The molecule has 0 aromatic heterocycles. The molecule has 16 heavy (non-hydrogen) atoms. The number of aryl methyl sites for hydroxylation is 1. The fourth-order valence-electron chi connectivity index (χ4n) is 1.22. The zero-order chi connectivity index (χ0) is 12.2. The average molecular weight is 240 g/mol. The third-order valence-corrected chi connectivity index (χ3v) is 3.61. The number of nitriles is 1. The van der Waals surface area contributed by atoms with E-state index in [9.17, 15) is 8.42 Å². The summed E-state index contributed by atoms with van der Waals surface area (Å²) in [7, 11) is -3.65. The quantitative estimate of drug-likeness (QED) is 0.783. The lowest BCUT2D eigenvalue weighted by Crippen LogP contribution is -2.27. The Morgan fingerprint density at radius 1 is 1.50 bits per heavy atom. The Balaban J connectivity index is 3.17. The molecule has 2 N–H and O–H groups in total. The number of benzene rings is 1. The minimum atomic E-state index is -3.65. The van der Waals surface area contributed by atoms with Crippen LogP contribution in [0.2, 0.25) is 0 Å². The first-order valence-corrected chi connectivity index (χ1v) is 6.11. The van der Waals surface area contributed by atoms with Crippen LogP contribution in [-0.2, 0) is 10.0 Å². The number of aliphatic hydroxyl groups is 1. The van der Waals surface area contributed by atoms with Gasteiger partial charge < -0.3 is 5.11 Å². The molecule has 0 aliphatic rings. The first-order chi connectivity index (χ1) is 7.51. The topological polar surface area (TPSA) is 90.2 Å². The van der Waals surface area contributed by atoms with E-state index in [0.717, 1.165) is 0 Å². The predicted octanol–water partition coefficient (Wildman–Crippen LogP) is 0.137. The Morgan fingerprint density at radius 2 is 2.19 bits per heavy atom. The van der Waals surface area contributed by atoms with Crippen molar-refractivity contribution in [2.24, 2.45) is 0 Å². The molecule has 0 unspecified atom stereocenters. The fourth-order valence-corrected chi connectivity index (χ4v) is 2.51. The van der Waals surface area contributed by atoms with Crippen molar-refractivity contribution >= 4 is 10.0 Å². The maximum Gasteiger partial charge on any atom is 0.240 e. The van der Waals surface area contributed by atoms with Crippen LogP contribution >= 0.6 is 0 Å². The highest BCUT2D eigenvalue weighted by molar-refractivity contribution is 7.89. The summed E-state index contributed by atoms with van der Waals surface area (Å²) >= 11 is 0. The SMILES string of the molecule is Cc1ccc(C#N)cc1S(=O)(=O)NCCO. The Hall–Kier alpha value is -1.42. The van der Waals surface area contributed by atoms with E-state index in [2.05, 4.69) is 4.72 Å². The summed E-state index contributed by atoms with van der Waals surface area (Å²) in [4.78, 5) is 0.0694. The molecule has 1 rings (SSSR count). The van der Waals surface area contributed by atoms with E-state index >= 15 is 0 Å². The van der Waals surface area contributed by atoms with Crippen LogP contribution in [-0.4, -0.2) is 26.7 Å². The number of nitrogens with zero attached hydrogens (tertiary/aromatic N) is 1. The Labute approximate surface area is 94.4 Å². The van der Waals surface area contributed by atoms with Gasteiger partial charge in [-0.2, -0.15) is 5.26 Å². The van der Waals surface area contributed by atoms with Gasteiger partial charge >= 0.3 is 0 Å². The highest BCUT2D eigenvalue weighted by Crippen LogP contribution is 2.16. The van der Waals surface area contributed by atoms with Gasteiger partial charge in [0.2, 0.25) is 10.0 Å². The first-order valence-electron chi connectivity index (χ1n) is 4.62. The molecule has 0 heterocycles. The van der Waals surface area contributed by atoms with Crippen molar-refractivity contribution in [3.63, 3.8) is 0 Å². The normalized spacial score (nSPS) is 11.1. The molecule has 1 aromatic carbocycles. The highest BCUT2D eigenvalue weighted by Gasteiger charge is 2.16. The second-order valence-electron chi connectivity index (χ2n) is 3.21. The molecule has 0 aliphatic heterocycles. The Kier molecular flexibility index (Phi) is 4.01. The van der Waals surface area contributed by atoms with Gasteiger partial charge in [0.15, 0.2) is 0 Å². The van der Waals surface area contributed by atoms with E-state index in [1.807, 2.05) is 6.07 Å². The van der Waals surface area contributed by atoms with E-state index in [-0.39, 0.29) is 23.6 Å². The Bertz CT molecular complexity index is 517. The molecule has 0 aliphatic carbocycles. The van der Waals surface area contributed by atoms with Crippen LogP contribution in [0.4, 0.5) is 0 Å². The van der Waals surface area contributed by atoms with Crippen molar-refractivity contribution < 1.29 is 13.5 Å². The lowest BCUT2D eigenvalue weighted by Gasteiger charge is -2.08. The molecular weight excluding hydrogens is 228 g/mol. The van der Waals surface area contributed by atoms with Crippen molar-refractivity contribution in [3.8, 4) is 6.07 Å². The van der Waals surface area contributed by atoms with Gasteiger partial charge in [-0.05, 0) is 24.6 Å². The third kappa shape index (κ3) is 2.79. The molecule has 0 saturated heterocycles. The standard InChI is InChI=1S/C10H12N2O3S/c1-8-2-3-9(7-11)6-10(8)16(14,15)12-4-5-13/h2-3,6,12-13H,4-5H2,1H3. The van der Waals surface area contributed by atoms with Gasteiger partial charge in [-0.25, -0.2) is 13.1 Å². The third-order valence-electron chi connectivity index (χ3n) is 2.01. The molecule has 0 saturated carbocycles. The lowest BCUT2D eigenvalue weighted by molar-refractivity contribution is 0.301. The summed E-state index contributed by atoms with van der Waals surface area (Å²) in [5.74, 6) is 0. The van der Waals surface area contributed by atoms with Crippen LogP contribution in [0.1, 0.15) is 11.1 Å². The van der Waals surface area contributed by atoms with Gasteiger partial charge in [-0.3, -0.25) is 0 Å². The monoisotopic (exact) mass is 240 g/mol. The minimum absolute atomic E-state index is 0.0431. The fraction of sp³-hybridized carbons (Fsp3) is 0.300. The number of nitrogens with one attached hydrogen (secondary N) is 1. The second kappa shape index (κ2) is 5.07. The van der Waals surface area contributed by atoms with Gasteiger partial charge in [0.1, 0.15) is 0 Å². The van der Waals surface area contributed by atoms with Gasteiger partial charge in [-0.15, -0.1) is 0 Å². The highest BCUT2D eigenvalue weighted by atomic mass is 32.2. The summed E-state index contributed by atoms with van der Waals surface area (Å²) < 4.78 is 25.7. The number of hydrogen-bond acceptors (Lipinski definition) is 4. The number of rotatable bonds is 4. The van der Waals surface area contributed by atoms with Gasteiger partial charge in [0.25, 0.3) is 0 Å². The van der Waals surface area contributed by atoms with Crippen LogP contribution in [0.3, 0.4) is 0 Å². The second-order valence-corrected chi connectivity index (χ2v) is 4.95. The molecular formula is C10H12N2O3S. The molecule has 0 spiro atoms. The summed E-state index contributed by atoms with van der Waals surface area (Å²) in [6.45, 7) is 1.34. The van der Waals surface area contributed by atoms with Gasteiger partial charge in [-0.1, -0.05) is 6.07 Å². The maximum atomic E-state index is 11.7. The van der Waals surface area contributed by atoms with Crippen LogP contribution in [0.15, 0.2) is 23.1 Å². The van der Waals surface area contributed by atoms with Crippen molar-refractivity contribution in [1.29, 1.82) is 5.26 Å². The van der Waals surface area contributed by atoms with Crippen molar-refractivity contribution in [2.75, 3.05) is 13.2 Å². The van der Waals surface area contributed by atoms with Gasteiger partial charge in [0, 0.05) is 6.54 Å². The number of sulfonamides is 1. The predicted molar refractivity (Wildman–Crippen MR) is 58.2 cm³/mol. The molecule has 86 valence electrons. The van der Waals surface area contributed by atoms with E-state index in [4.69, 9.17) is 10.4 Å². The Morgan fingerprint density at radius 3 is 2.75 bits per heavy atom. The largest absolute Gasteiger partial charge is 0.395 e. The minimum Gasteiger partial charge on any atom is -0.395 e. The molecule has 0 fully saturated rings. The van der Waals surface area contributed by atoms with Crippen LogP contribution in [0.5, 0.6) is 0 Å². The van der Waals surface area contributed by atoms with E-state index in [0.29, 0.717) is 5.56 Å². The molecule has 5 nitrogen and oxygen atoms in total. The van der Waals surface area contributed by atoms with Crippen molar-refractivity contribution in [2.45, 2.75) is 11.8 Å².